The van der Waals surface area contributed by atoms with Crippen LogP contribution >= 0.6 is 0 Å². The second-order valence-corrected chi connectivity index (χ2v) is 4.87. The van der Waals surface area contributed by atoms with Crippen molar-refractivity contribution in [3.05, 3.63) is 29.8 Å². The minimum atomic E-state index is 0.552. The molecule has 1 aliphatic heterocycles. The Hall–Kier alpha value is -0.222. The van der Waals surface area contributed by atoms with Gasteiger partial charge in [0.05, 0.1) is 0 Å². The quantitative estimate of drug-likeness (QED) is 0.521. The van der Waals surface area contributed by atoms with E-state index in [0.29, 0.717) is 15.8 Å². The summed E-state index contributed by atoms with van der Waals surface area (Å²) in [6.07, 6.45) is 1.34. The molecule has 0 aliphatic carbocycles. The number of rotatable bonds is 0. The molecule has 0 unspecified atom stereocenters. The van der Waals surface area contributed by atoms with Gasteiger partial charge in [-0.3, -0.25) is 0 Å². The molecule has 0 amide bonds. The van der Waals surface area contributed by atoms with Crippen molar-refractivity contribution in [2.45, 2.75) is 11.6 Å². The van der Waals surface area contributed by atoms with Crippen molar-refractivity contribution in [2.24, 2.45) is 0 Å². The van der Waals surface area contributed by atoms with Gasteiger partial charge in [0.1, 0.15) is 0 Å². The zero-order valence-corrected chi connectivity index (χ0v) is 7.05. The Bertz CT molecular complexity index is 195. The van der Waals surface area contributed by atoms with Gasteiger partial charge in [0.25, 0.3) is 0 Å². The standard InChI is InChI=1S/C8H8As/c1-2-4-8-7(3-1)5-6-9-8/h1-4H,5-6H2. The Morgan fingerprint density at radius 3 is 3.00 bits per heavy atom. The van der Waals surface area contributed by atoms with Crippen LogP contribution in [0.5, 0.6) is 0 Å². The molecule has 1 aliphatic rings. The second-order valence-electron chi connectivity index (χ2n) is 2.26. The average molecular weight is 179 g/mol. The van der Waals surface area contributed by atoms with E-state index in [0.717, 1.165) is 0 Å². The van der Waals surface area contributed by atoms with Gasteiger partial charge in [-0.2, -0.15) is 0 Å². The van der Waals surface area contributed by atoms with E-state index in [9.17, 15) is 0 Å². The van der Waals surface area contributed by atoms with Gasteiger partial charge in [-0.25, -0.2) is 0 Å². The van der Waals surface area contributed by atoms with Crippen LogP contribution in [0.15, 0.2) is 24.3 Å². The third kappa shape index (κ3) is 0.923. The Balaban J connectivity index is 2.54. The molecule has 1 heterocycles. The van der Waals surface area contributed by atoms with Gasteiger partial charge < -0.3 is 0 Å². The summed E-state index contributed by atoms with van der Waals surface area (Å²) in [6.45, 7) is 0. The Labute approximate surface area is 62.0 Å². The Kier molecular flexibility index (Phi) is 1.35. The zero-order valence-electron chi connectivity index (χ0n) is 5.17. The van der Waals surface area contributed by atoms with Crippen molar-refractivity contribution in [3.8, 4) is 0 Å². The van der Waals surface area contributed by atoms with Gasteiger partial charge in [0.2, 0.25) is 0 Å². The van der Waals surface area contributed by atoms with Crippen molar-refractivity contribution >= 4 is 20.1 Å². The van der Waals surface area contributed by atoms with Crippen molar-refractivity contribution in [1.82, 2.24) is 0 Å². The average Bonchev–Trinajstić information content (AvgIpc) is 2.33. The molecule has 0 atom stereocenters. The molecule has 45 valence electrons. The number of aryl methyl sites for hydroxylation is 1. The maximum absolute atomic E-state index is 2.28. The monoisotopic (exact) mass is 179 g/mol. The van der Waals surface area contributed by atoms with Crippen LogP contribution < -0.4 is 4.35 Å². The third-order valence-corrected chi connectivity index (χ3v) is 4.22. The maximum atomic E-state index is 2.28. The third-order valence-electron chi connectivity index (χ3n) is 1.65. The number of benzene rings is 1. The van der Waals surface area contributed by atoms with Crippen LogP contribution in [0.2, 0.25) is 5.21 Å². The molecule has 0 fully saturated rings. The van der Waals surface area contributed by atoms with Crippen molar-refractivity contribution in [2.75, 3.05) is 0 Å². The first-order valence-electron chi connectivity index (χ1n) is 3.22. The summed E-state index contributed by atoms with van der Waals surface area (Å²) < 4.78 is 1.66. The van der Waals surface area contributed by atoms with E-state index in [-0.39, 0.29) is 0 Å². The molecule has 0 spiro atoms. The predicted molar refractivity (Wildman–Crippen MR) is 40.3 cm³/mol. The van der Waals surface area contributed by atoms with Crippen LogP contribution in [0.3, 0.4) is 0 Å². The van der Waals surface area contributed by atoms with Crippen LogP contribution in [-0.2, 0) is 6.42 Å². The van der Waals surface area contributed by atoms with Gasteiger partial charge in [-0.1, -0.05) is 0 Å². The molecule has 1 aromatic carbocycles. The van der Waals surface area contributed by atoms with Gasteiger partial charge in [-0.15, -0.1) is 0 Å². The molecule has 0 aromatic heterocycles. The molecule has 2 rings (SSSR count). The minimum absolute atomic E-state index is 0.552. The van der Waals surface area contributed by atoms with Gasteiger partial charge in [0.15, 0.2) is 0 Å². The van der Waals surface area contributed by atoms with E-state index < -0.39 is 0 Å². The van der Waals surface area contributed by atoms with Crippen molar-refractivity contribution in [1.29, 1.82) is 0 Å². The molecule has 0 nitrogen and oxygen atoms in total. The molecule has 0 bridgehead atoms. The molecule has 1 aromatic rings. The number of fused-ring (bicyclic) bond motifs is 1. The van der Waals surface area contributed by atoms with E-state index in [1.807, 2.05) is 0 Å². The van der Waals surface area contributed by atoms with Crippen LogP contribution in [0.4, 0.5) is 0 Å². The molecular weight excluding hydrogens is 171 g/mol. The SMILES string of the molecule is c1ccc2c(c1)CC[As]2. The van der Waals surface area contributed by atoms with Crippen molar-refractivity contribution < 1.29 is 0 Å². The molecular formula is C8H8As. The fourth-order valence-corrected chi connectivity index (χ4v) is 3.64. The first-order valence-corrected chi connectivity index (χ1v) is 5.49. The molecule has 9 heavy (non-hydrogen) atoms. The molecule has 1 radical (unpaired) electrons. The van der Waals surface area contributed by atoms with E-state index in [4.69, 9.17) is 0 Å². The van der Waals surface area contributed by atoms with E-state index in [1.165, 1.54) is 11.6 Å². The summed E-state index contributed by atoms with van der Waals surface area (Å²) in [7, 11) is 0. The summed E-state index contributed by atoms with van der Waals surface area (Å²) in [5.74, 6) is 0. The summed E-state index contributed by atoms with van der Waals surface area (Å²) in [4.78, 5) is 0. The van der Waals surface area contributed by atoms with E-state index in [2.05, 4.69) is 24.3 Å². The van der Waals surface area contributed by atoms with Gasteiger partial charge >= 0.3 is 61.6 Å². The summed E-state index contributed by atoms with van der Waals surface area (Å²) in [5.41, 5.74) is 1.61. The molecule has 0 N–H and O–H groups in total. The zero-order chi connectivity index (χ0) is 6.10. The second kappa shape index (κ2) is 2.19. The summed E-state index contributed by atoms with van der Waals surface area (Å²) in [6, 6.07) is 8.84. The predicted octanol–water partition coefficient (Wildman–Crippen LogP) is 0.990. The van der Waals surface area contributed by atoms with Crippen LogP contribution in [-0.4, -0.2) is 15.8 Å². The Morgan fingerprint density at radius 1 is 1.22 bits per heavy atom. The van der Waals surface area contributed by atoms with Crippen LogP contribution in [0.1, 0.15) is 5.56 Å². The number of hydrogen-bond donors (Lipinski definition) is 0. The fourth-order valence-electron chi connectivity index (χ4n) is 1.17. The normalized spacial score (nSPS) is 18.2. The summed E-state index contributed by atoms with van der Waals surface area (Å²) >= 11 is 0.552. The van der Waals surface area contributed by atoms with Crippen LogP contribution in [0.25, 0.3) is 0 Å². The number of hydrogen-bond acceptors (Lipinski definition) is 0. The van der Waals surface area contributed by atoms with E-state index >= 15 is 0 Å². The first-order chi connectivity index (χ1) is 4.47. The van der Waals surface area contributed by atoms with E-state index in [1.54, 1.807) is 9.91 Å². The molecule has 1 heteroatoms. The topological polar surface area (TPSA) is 0 Å². The Morgan fingerprint density at radius 2 is 2.11 bits per heavy atom. The van der Waals surface area contributed by atoms with Gasteiger partial charge in [0, 0.05) is 0 Å². The first kappa shape index (κ1) is 5.55. The van der Waals surface area contributed by atoms with Crippen molar-refractivity contribution in [3.63, 3.8) is 0 Å². The fraction of sp³-hybridized carbons (Fsp3) is 0.250. The summed E-state index contributed by atoms with van der Waals surface area (Å²) in [5, 5.41) is 1.45. The molecule has 0 saturated heterocycles. The van der Waals surface area contributed by atoms with Gasteiger partial charge in [-0.05, 0) is 0 Å². The molecule has 0 saturated carbocycles. The van der Waals surface area contributed by atoms with Crippen LogP contribution in [0, 0.1) is 0 Å².